The highest BCUT2D eigenvalue weighted by Crippen LogP contribution is 2.26. The van der Waals surface area contributed by atoms with Crippen LogP contribution in [0.15, 0.2) is 18.2 Å². The number of hydrogen-bond donors (Lipinski definition) is 1. The molecular formula is C14H19Cl2N3O. The van der Waals surface area contributed by atoms with E-state index in [9.17, 15) is 4.79 Å². The van der Waals surface area contributed by atoms with E-state index < -0.39 is 0 Å². The zero-order chi connectivity index (χ0) is 14.7. The molecule has 20 heavy (non-hydrogen) atoms. The topological polar surface area (TPSA) is 35.6 Å². The van der Waals surface area contributed by atoms with Gasteiger partial charge in [-0.15, -0.1) is 0 Å². The van der Waals surface area contributed by atoms with Crippen LogP contribution >= 0.6 is 23.2 Å². The highest BCUT2D eigenvalue weighted by molar-refractivity contribution is 6.35. The second-order valence-corrected chi connectivity index (χ2v) is 6.04. The number of anilines is 1. The Balaban J connectivity index is 1.99. The Hall–Kier alpha value is -0.970. The lowest BCUT2D eigenvalue weighted by atomic mass is 10.0. The third kappa shape index (κ3) is 3.78. The lowest BCUT2D eigenvalue weighted by molar-refractivity contribution is 0.156. The van der Waals surface area contributed by atoms with Gasteiger partial charge in [0.1, 0.15) is 0 Å². The molecule has 1 aromatic rings. The SMILES string of the molecule is CN1CCC(N(C)C(=O)Nc2cc(Cl)ccc2Cl)CC1. The Morgan fingerprint density at radius 1 is 1.35 bits per heavy atom. The number of piperidine rings is 1. The predicted octanol–water partition coefficient (Wildman–Crippen LogP) is 3.55. The summed E-state index contributed by atoms with van der Waals surface area (Å²) >= 11 is 12.0. The molecule has 2 rings (SSSR count). The molecule has 1 saturated heterocycles. The van der Waals surface area contributed by atoms with Crippen LogP contribution in [0.1, 0.15) is 12.8 Å². The minimum absolute atomic E-state index is 0.149. The normalized spacial score (nSPS) is 17.0. The summed E-state index contributed by atoms with van der Waals surface area (Å²) in [5.74, 6) is 0. The van der Waals surface area contributed by atoms with E-state index in [0.717, 1.165) is 25.9 Å². The fraction of sp³-hybridized carbons (Fsp3) is 0.500. The number of carbonyl (C=O) groups is 1. The molecule has 0 spiro atoms. The fourth-order valence-electron chi connectivity index (χ4n) is 2.34. The van der Waals surface area contributed by atoms with Gasteiger partial charge in [0.25, 0.3) is 0 Å². The molecule has 0 unspecified atom stereocenters. The van der Waals surface area contributed by atoms with Gasteiger partial charge in [-0.05, 0) is 51.2 Å². The number of nitrogens with zero attached hydrogens (tertiary/aromatic N) is 2. The van der Waals surface area contributed by atoms with Crippen molar-refractivity contribution >= 4 is 34.9 Å². The van der Waals surface area contributed by atoms with E-state index in [4.69, 9.17) is 23.2 Å². The van der Waals surface area contributed by atoms with Crippen molar-refractivity contribution in [2.75, 3.05) is 32.5 Å². The van der Waals surface area contributed by atoms with Gasteiger partial charge in [-0.3, -0.25) is 0 Å². The van der Waals surface area contributed by atoms with Crippen molar-refractivity contribution in [2.45, 2.75) is 18.9 Å². The highest BCUT2D eigenvalue weighted by atomic mass is 35.5. The Bertz CT molecular complexity index is 487. The summed E-state index contributed by atoms with van der Waals surface area (Å²) < 4.78 is 0. The van der Waals surface area contributed by atoms with E-state index in [0.29, 0.717) is 15.7 Å². The molecule has 1 aliphatic heterocycles. The predicted molar refractivity (Wildman–Crippen MR) is 83.8 cm³/mol. The molecule has 0 atom stereocenters. The monoisotopic (exact) mass is 315 g/mol. The van der Waals surface area contributed by atoms with Crippen LogP contribution in [0.25, 0.3) is 0 Å². The first kappa shape index (κ1) is 15.4. The van der Waals surface area contributed by atoms with Crippen LogP contribution in [0.3, 0.4) is 0 Å². The molecule has 6 heteroatoms. The van der Waals surface area contributed by atoms with Crippen LogP contribution in [0, 0.1) is 0 Å². The molecule has 0 radical (unpaired) electrons. The third-order valence-corrected chi connectivity index (χ3v) is 4.29. The number of amides is 2. The number of likely N-dealkylation sites (tertiary alicyclic amines) is 1. The zero-order valence-corrected chi connectivity index (χ0v) is 13.2. The molecule has 1 aromatic carbocycles. The Kier molecular flexibility index (Phi) is 5.13. The quantitative estimate of drug-likeness (QED) is 0.906. The van der Waals surface area contributed by atoms with E-state index >= 15 is 0 Å². The van der Waals surface area contributed by atoms with E-state index in [2.05, 4.69) is 17.3 Å². The number of hydrogen-bond acceptors (Lipinski definition) is 2. The summed E-state index contributed by atoms with van der Waals surface area (Å²) in [6.45, 7) is 2.03. The van der Waals surface area contributed by atoms with Gasteiger partial charge in [-0.2, -0.15) is 0 Å². The first-order valence-electron chi connectivity index (χ1n) is 6.65. The van der Waals surface area contributed by atoms with E-state index in [1.807, 2.05) is 7.05 Å². The first-order chi connectivity index (χ1) is 9.47. The second kappa shape index (κ2) is 6.66. The number of nitrogens with one attached hydrogen (secondary N) is 1. The molecular weight excluding hydrogens is 297 g/mol. The van der Waals surface area contributed by atoms with E-state index in [1.165, 1.54) is 0 Å². The molecule has 0 saturated carbocycles. The maximum Gasteiger partial charge on any atom is 0.321 e. The number of rotatable bonds is 2. The van der Waals surface area contributed by atoms with Gasteiger partial charge in [0.15, 0.2) is 0 Å². The third-order valence-electron chi connectivity index (χ3n) is 3.73. The number of carbonyl (C=O) groups excluding carboxylic acids is 1. The van der Waals surface area contributed by atoms with Gasteiger partial charge in [0.2, 0.25) is 0 Å². The van der Waals surface area contributed by atoms with Crippen molar-refractivity contribution < 1.29 is 4.79 Å². The minimum Gasteiger partial charge on any atom is -0.325 e. The Morgan fingerprint density at radius 3 is 2.65 bits per heavy atom. The average Bonchev–Trinajstić information content (AvgIpc) is 2.43. The van der Waals surface area contributed by atoms with Crippen LogP contribution in [0.5, 0.6) is 0 Å². The Morgan fingerprint density at radius 2 is 2.00 bits per heavy atom. The number of halogens is 2. The average molecular weight is 316 g/mol. The summed E-state index contributed by atoms with van der Waals surface area (Å²) in [4.78, 5) is 16.3. The first-order valence-corrected chi connectivity index (χ1v) is 7.40. The van der Waals surface area contributed by atoms with Gasteiger partial charge in [-0.25, -0.2) is 4.79 Å². The van der Waals surface area contributed by atoms with E-state index in [-0.39, 0.29) is 12.1 Å². The molecule has 0 bridgehead atoms. The number of benzene rings is 1. The molecule has 4 nitrogen and oxygen atoms in total. The minimum atomic E-state index is -0.149. The van der Waals surface area contributed by atoms with Crippen molar-refractivity contribution in [3.05, 3.63) is 28.2 Å². The molecule has 110 valence electrons. The smallest absolute Gasteiger partial charge is 0.321 e. The second-order valence-electron chi connectivity index (χ2n) is 5.20. The molecule has 0 aromatic heterocycles. The van der Waals surface area contributed by atoms with Crippen molar-refractivity contribution in [3.8, 4) is 0 Å². The summed E-state index contributed by atoms with van der Waals surface area (Å²) in [6.07, 6.45) is 1.98. The maximum atomic E-state index is 12.3. The lowest BCUT2D eigenvalue weighted by Gasteiger charge is -2.35. The summed E-state index contributed by atoms with van der Waals surface area (Å²) in [6, 6.07) is 5.15. The van der Waals surface area contributed by atoms with Gasteiger partial charge in [0, 0.05) is 18.1 Å². The van der Waals surface area contributed by atoms with E-state index in [1.54, 1.807) is 23.1 Å². The van der Waals surface area contributed by atoms with Crippen molar-refractivity contribution in [2.24, 2.45) is 0 Å². The van der Waals surface area contributed by atoms with Crippen LogP contribution in [0.2, 0.25) is 10.0 Å². The van der Waals surface area contributed by atoms with Gasteiger partial charge < -0.3 is 15.1 Å². The van der Waals surface area contributed by atoms with Crippen LogP contribution < -0.4 is 5.32 Å². The van der Waals surface area contributed by atoms with Crippen molar-refractivity contribution in [1.29, 1.82) is 0 Å². The molecule has 1 N–H and O–H groups in total. The summed E-state index contributed by atoms with van der Waals surface area (Å²) in [5, 5.41) is 3.85. The maximum absolute atomic E-state index is 12.3. The largest absolute Gasteiger partial charge is 0.325 e. The number of urea groups is 1. The van der Waals surface area contributed by atoms with Crippen LogP contribution in [-0.4, -0.2) is 49.1 Å². The molecule has 0 aliphatic carbocycles. The van der Waals surface area contributed by atoms with Crippen molar-refractivity contribution in [3.63, 3.8) is 0 Å². The highest BCUT2D eigenvalue weighted by Gasteiger charge is 2.24. The molecule has 2 amide bonds. The molecule has 1 aliphatic rings. The van der Waals surface area contributed by atoms with Gasteiger partial charge in [0.05, 0.1) is 10.7 Å². The van der Waals surface area contributed by atoms with Crippen LogP contribution in [0.4, 0.5) is 10.5 Å². The van der Waals surface area contributed by atoms with Gasteiger partial charge >= 0.3 is 6.03 Å². The molecule has 1 heterocycles. The fourth-order valence-corrected chi connectivity index (χ4v) is 2.68. The zero-order valence-electron chi connectivity index (χ0n) is 11.7. The lowest BCUT2D eigenvalue weighted by Crippen LogP contribution is -2.46. The standard InChI is InChI=1S/C14H19Cl2N3O/c1-18-7-5-11(6-8-18)19(2)14(20)17-13-9-10(15)3-4-12(13)16/h3-4,9,11H,5-8H2,1-2H3,(H,17,20). The van der Waals surface area contributed by atoms with Crippen LogP contribution in [-0.2, 0) is 0 Å². The van der Waals surface area contributed by atoms with Crippen molar-refractivity contribution in [1.82, 2.24) is 9.80 Å². The summed E-state index contributed by atoms with van der Waals surface area (Å²) in [5.41, 5.74) is 0.545. The Labute approximate surface area is 129 Å². The summed E-state index contributed by atoms with van der Waals surface area (Å²) in [7, 11) is 3.92. The molecule has 1 fully saturated rings. The van der Waals surface area contributed by atoms with Gasteiger partial charge in [-0.1, -0.05) is 23.2 Å².